The summed E-state index contributed by atoms with van der Waals surface area (Å²) in [7, 11) is 0. The molecule has 84 valence electrons. The summed E-state index contributed by atoms with van der Waals surface area (Å²) in [6, 6.07) is 13.9. The van der Waals surface area contributed by atoms with Gasteiger partial charge >= 0.3 is 0 Å². The first kappa shape index (κ1) is 10.9. The fourth-order valence-corrected chi connectivity index (χ4v) is 3.33. The van der Waals surface area contributed by atoms with Crippen LogP contribution in [0.5, 0.6) is 0 Å². The second kappa shape index (κ2) is 4.24. The molecule has 0 radical (unpaired) electrons. The molecule has 0 spiro atoms. The molecule has 0 aliphatic carbocycles. The van der Waals surface area contributed by atoms with Gasteiger partial charge < -0.3 is 0 Å². The minimum Gasteiger partial charge on any atom is -0.289 e. The molecule has 0 saturated heterocycles. The number of benzene rings is 2. The van der Waals surface area contributed by atoms with Gasteiger partial charge in [-0.25, -0.2) is 0 Å². The van der Waals surface area contributed by atoms with Crippen molar-refractivity contribution >= 4 is 47.4 Å². The second-order valence-electron chi connectivity index (χ2n) is 3.89. The minimum absolute atomic E-state index is 0.136. The van der Waals surface area contributed by atoms with E-state index in [-0.39, 0.29) is 5.43 Å². The van der Waals surface area contributed by atoms with Gasteiger partial charge in [-0.2, -0.15) is 0 Å². The van der Waals surface area contributed by atoms with Crippen LogP contribution >= 0.6 is 27.3 Å². The van der Waals surface area contributed by atoms with E-state index in [1.165, 1.54) is 0 Å². The zero-order valence-corrected chi connectivity index (χ0v) is 11.3. The van der Waals surface area contributed by atoms with Crippen molar-refractivity contribution in [3.05, 3.63) is 58.3 Å². The third kappa shape index (κ3) is 1.79. The molecule has 0 saturated carbocycles. The molecule has 17 heavy (non-hydrogen) atoms. The van der Waals surface area contributed by atoms with Crippen LogP contribution in [0.15, 0.2) is 47.3 Å². The summed E-state index contributed by atoms with van der Waals surface area (Å²) in [5.74, 6) is 0. The third-order valence-electron chi connectivity index (χ3n) is 2.79. The van der Waals surface area contributed by atoms with Crippen molar-refractivity contribution in [1.29, 1.82) is 0 Å². The SMILES string of the molecule is O=c1c2ccccc2sc2ccc(CBr)cc12. The molecular formula is C14H9BrOS. The zero-order valence-electron chi connectivity index (χ0n) is 8.94. The van der Waals surface area contributed by atoms with Crippen molar-refractivity contribution in [2.75, 3.05) is 0 Å². The summed E-state index contributed by atoms with van der Waals surface area (Å²) in [4.78, 5) is 12.3. The van der Waals surface area contributed by atoms with Crippen LogP contribution in [0.25, 0.3) is 20.2 Å². The van der Waals surface area contributed by atoms with Crippen molar-refractivity contribution in [3.63, 3.8) is 0 Å². The molecule has 1 nitrogen and oxygen atoms in total. The molecule has 0 unspecified atom stereocenters. The van der Waals surface area contributed by atoms with Gasteiger partial charge in [-0.3, -0.25) is 4.79 Å². The van der Waals surface area contributed by atoms with Crippen LogP contribution in [0.4, 0.5) is 0 Å². The lowest BCUT2D eigenvalue weighted by Gasteiger charge is -2.02. The average Bonchev–Trinajstić information content (AvgIpc) is 2.39. The smallest absolute Gasteiger partial charge is 0.195 e. The van der Waals surface area contributed by atoms with Crippen LogP contribution in [0.2, 0.25) is 0 Å². The van der Waals surface area contributed by atoms with Crippen LogP contribution in [0.3, 0.4) is 0 Å². The zero-order chi connectivity index (χ0) is 11.8. The van der Waals surface area contributed by atoms with E-state index in [9.17, 15) is 4.79 Å². The average molecular weight is 305 g/mol. The molecular weight excluding hydrogens is 296 g/mol. The van der Waals surface area contributed by atoms with Gasteiger partial charge in [-0.1, -0.05) is 34.1 Å². The monoisotopic (exact) mass is 304 g/mol. The van der Waals surface area contributed by atoms with Crippen molar-refractivity contribution < 1.29 is 0 Å². The summed E-state index contributed by atoms with van der Waals surface area (Å²) in [6.07, 6.45) is 0. The Kier molecular flexibility index (Phi) is 2.73. The Bertz CT molecular complexity index is 761. The van der Waals surface area contributed by atoms with E-state index in [1.54, 1.807) is 11.3 Å². The Morgan fingerprint density at radius 3 is 2.59 bits per heavy atom. The maximum absolute atomic E-state index is 12.3. The Balaban J connectivity index is 2.51. The van der Waals surface area contributed by atoms with E-state index in [4.69, 9.17) is 0 Å². The highest BCUT2D eigenvalue weighted by atomic mass is 79.9. The van der Waals surface area contributed by atoms with Gasteiger partial charge in [0.05, 0.1) is 0 Å². The number of halogens is 1. The lowest BCUT2D eigenvalue weighted by molar-refractivity contribution is 1.47. The fraction of sp³-hybridized carbons (Fsp3) is 0.0714. The van der Waals surface area contributed by atoms with Gasteiger partial charge in [0.2, 0.25) is 0 Å². The maximum Gasteiger partial charge on any atom is 0.195 e. The van der Waals surface area contributed by atoms with Crippen molar-refractivity contribution in [2.24, 2.45) is 0 Å². The Morgan fingerprint density at radius 2 is 1.76 bits per heavy atom. The summed E-state index contributed by atoms with van der Waals surface area (Å²) in [5, 5.41) is 2.42. The lowest BCUT2D eigenvalue weighted by atomic mass is 10.1. The largest absolute Gasteiger partial charge is 0.289 e. The van der Waals surface area contributed by atoms with Crippen LogP contribution < -0.4 is 5.43 Å². The Morgan fingerprint density at radius 1 is 1.00 bits per heavy atom. The predicted molar refractivity (Wildman–Crippen MR) is 78.2 cm³/mol. The number of alkyl halides is 1. The first-order valence-corrected chi connectivity index (χ1v) is 7.24. The van der Waals surface area contributed by atoms with Crippen LogP contribution in [0, 0.1) is 0 Å². The minimum atomic E-state index is 0.136. The number of rotatable bonds is 1. The third-order valence-corrected chi connectivity index (χ3v) is 4.59. The Labute approximate surface area is 111 Å². The molecule has 3 rings (SSSR count). The van der Waals surface area contributed by atoms with Gasteiger partial charge in [-0.15, -0.1) is 11.3 Å². The maximum atomic E-state index is 12.3. The molecule has 2 aromatic carbocycles. The van der Waals surface area contributed by atoms with Crippen molar-refractivity contribution in [1.82, 2.24) is 0 Å². The summed E-state index contributed by atoms with van der Waals surface area (Å²) >= 11 is 5.09. The van der Waals surface area contributed by atoms with E-state index < -0.39 is 0 Å². The van der Waals surface area contributed by atoms with Gasteiger partial charge in [0.15, 0.2) is 5.43 Å². The molecule has 0 amide bonds. The standard InChI is InChI=1S/C14H9BrOS/c15-8-9-5-6-13-11(7-9)14(16)10-3-1-2-4-12(10)17-13/h1-7H,8H2. The van der Waals surface area contributed by atoms with E-state index in [0.717, 1.165) is 31.1 Å². The summed E-state index contributed by atoms with van der Waals surface area (Å²) in [6.45, 7) is 0. The number of hydrogen-bond donors (Lipinski definition) is 0. The van der Waals surface area contributed by atoms with E-state index in [1.807, 2.05) is 36.4 Å². The van der Waals surface area contributed by atoms with E-state index in [2.05, 4.69) is 22.0 Å². The van der Waals surface area contributed by atoms with Gasteiger partial charge in [0.25, 0.3) is 0 Å². The van der Waals surface area contributed by atoms with Crippen LogP contribution in [-0.4, -0.2) is 0 Å². The molecule has 0 atom stereocenters. The van der Waals surface area contributed by atoms with Gasteiger partial charge in [-0.05, 0) is 29.8 Å². The van der Waals surface area contributed by atoms with Gasteiger partial charge in [0, 0.05) is 25.5 Å². The topological polar surface area (TPSA) is 17.1 Å². The lowest BCUT2D eigenvalue weighted by Crippen LogP contribution is -2.01. The second-order valence-corrected chi connectivity index (χ2v) is 5.54. The first-order valence-electron chi connectivity index (χ1n) is 5.30. The molecule has 0 fully saturated rings. The van der Waals surface area contributed by atoms with Crippen molar-refractivity contribution in [3.8, 4) is 0 Å². The van der Waals surface area contributed by atoms with Crippen LogP contribution in [-0.2, 0) is 5.33 Å². The molecule has 0 bridgehead atoms. The highest BCUT2D eigenvalue weighted by Crippen LogP contribution is 2.25. The summed E-state index contributed by atoms with van der Waals surface area (Å²) in [5.41, 5.74) is 1.27. The highest BCUT2D eigenvalue weighted by molar-refractivity contribution is 9.08. The van der Waals surface area contributed by atoms with Gasteiger partial charge in [0.1, 0.15) is 0 Å². The highest BCUT2D eigenvalue weighted by Gasteiger charge is 2.05. The Hall–Kier alpha value is -1.19. The predicted octanol–water partition coefficient (Wildman–Crippen LogP) is 4.31. The molecule has 0 aliphatic rings. The first-order chi connectivity index (χ1) is 8.29. The molecule has 0 aliphatic heterocycles. The molecule has 3 aromatic rings. The fourth-order valence-electron chi connectivity index (χ4n) is 1.93. The molecule has 1 heterocycles. The molecule has 0 N–H and O–H groups in total. The number of hydrogen-bond acceptors (Lipinski definition) is 2. The van der Waals surface area contributed by atoms with Crippen LogP contribution in [0.1, 0.15) is 5.56 Å². The molecule has 1 aromatic heterocycles. The normalized spacial score (nSPS) is 11.1. The summed E-state index contributed by atoms with van der Waals surface area (Å²) < 4.78 is 2.11. The van der Waals surface area contributed by atoms with E-state index in [0.29, 0.717) is 0 Å². The van der Waals surface area contributed by atoms with Crippen molar-refractivity contribution in [2.45, 2.75) is 5.33 Å². The van der Waals surface area contributed by atoms with E-state index >= 15 is 0 Å². The molecule has 3 heteroatoms. The number of fused-ring (bicyclic) bond motifs is 2. The quantitative estimate of drug-likeness (QED) is 0.483.